The number of aromatic nitrogens is 3. The molecular formula is C21H16N4O2. The van der Waals surface area contributed by atoms with Crippen LogP contribution in [0.15, 0.2) is 58.3 Å². The Kier molecular flexibility index (Phi) is 3.85. The van der Waals surface area contributed by atoms with Crippen LogP contribution in [-0.2, 0) is 6.42 Å². The second-order valence-corrected chi connectivity index (χ2v) is 6.37. The molecule has 0 aliphatic heterocycles. The monoisotopic (exact) mass is 356 g/mol. The van der Waals surface area contributed by atoms with Crippen molar-refractivity contribution in [3.05, 3.63) is 86.1 Å². The van der Waals surface area contributed by atoms with Crippen molar-refractivity contribution in [2.45, 2.75) is 20.3 Å². The van der Waals surface area contributed by atoms with Crippen molar-refractivity contribution in [2.75, 3.05) is 0 Å². The molecule has 0 N–H and O–H groups in total. The first-order valence-corrected chi connectivity index (χ1v) is 8.62. The van der Waals surface area contributed by atoms with Crippen LogP contribution in [0.4, 0.5) is 0 Å². The van der Waals surface area contributed by atoms with Gasteiger partial charge in [-0.05, 0) is 48.7 Å². The fourth-order valence-electron chi connectivity index (χ4n) is 3.22. The maximum absolute atomic E-state index is 13.0. The summed E-state index contributed by atoms with van der Waals surface area (Å²) in [4.78, 5) is 30.5. The Bertz CT molecular complexity index is 1360. The maximum Gasteiger partial charge on any atom is 0.274 e. The predicted molar refractivity (Wildman–Crippen MR) is 103 cm³/mol. The van der Waals surface area contributed by atoms with Gasteiger partial charge < -0.3 is 0 Å². The average molecular weight is 356 g/mol. The molecule has 0 bridgehead atoms. The molecule has 0 unspecified atom stereocenters. The molecule has 4 rings (SSSR count). The lowest BCUT2D eigenvalue weighted by atomic mass is 10.1. The summed E-state index contributed by atoms with van der Waals surface area (Å²) in [5.41, 5.74) is 2.37. The largest absolute Gasteiger partial charge is 0.274 e. The van der Waals surface area contributed by atoms with E-state index in [1.165, 1.54) is 15.0 Å². The van der Waals surface area contributed by atoms with Crippen molar-refractivity contribution < 1.29 is 0 Å². The first kappa shape index (κ1) is 16.7. The summed E-state index contributed by atoms with van der Waals surface area (Å²) in [5, 5.41) is 9.62. The minimum Gasteiger partial charge on any atom is -0.268 e. The van der Waals surface area contributed by atoms with Crippen molar-refractivity contribution in [2.24, 2.45) is 0 Å². The van der Waals surface area contributed by atoms with E-state index in [0.29, 0.717) is 11.3 Å². The molecule has 3 heterocycles. The summed E-state index contributed by atoms with van der Waals surface area (Å²) in [6.45, 7) is 3.90. The van der Waals surface area contributed by atoms with E-state index in [0.717, 1.165) is 17.5 Å². The SMILES string of the molecule is CCc1ccc(-n2c(=O)c(C#N)cc3c(=O)n4cccc(C)c4nc32)cc1. The Balaban J connectivity index is 2.22. The Morgan fingerprint density at radius 1 is 1.07 bits per heavy atom. The van der Waals surface area contributed by atoms with Gasteiger partial charge in [-0.15, -0.1) is 0 Å². The van der Waals surface area contributed by atoms with Crippen molar-refractivity contribution in [3.63, 3.8) is 0 Å². The number of aryl methyl sites for hydroxylation is 2. The second kappa shape index (κ2) is 6.22. The highest BCUT2D eigenvalue weighted by atomic mass is 16.1. The molecule has 3 aromatic heterocycles. The Morgan fingerprint density at radius 3 is 2.48 bits per heavy atom. The molecule has 4 aromatic rings. The zero-order chi connectivity index (χ0) is 19.1. The topological polar surface area (TPSA) is 80.2 Å². The van der Waals surface area contributed by atoms with Crippen LogP contribution in [0, 0.1) is 18.3 Å². The van der Waals surface area contributed by atoms with Crippen LogP contribution >= 0.6 is 0 Å². The van der Waals surface area contributed by atoms with Gasteiger partial charge in [-0.2, -0.15) is 5.26 Å². The zero-order valence-electron chi connectivity index (χ0n) is 14.9. The third kappa shape index (κ3) is 2.52. The van der Waals surface area contributed by atoms with E-state index in [4.69, 9.17) is 0 Å². The molecule has 0 saturated carbocycles. The van der Waals surface area contributed by atoms with Gasteiger partial charge in [0.05, 0.1) is 11.1 Å². The molecular weight excluding hydrogens is 340 g/mol. The number of nitriles is 1. The number of hydrogen-bond donors (Lipinski definition) is 0. The quantitative estimate of drug-likeness (QED) is 0.517. The van der Waals surface area contributed by atoms with Gasteiger partial charge in [0, 0.05) is 6.20 Å². The van der Waals surface area contributed by atoms with Crippen LogP contribution < -0.4 is 11.1 Å². The highest BCUT2D eigenvalue weighted by Gasteiger charge is 2.16. The number of hydrogen-bond acceptors (Lipinski definition) is 4. The minimum absolute atomic E-state index is 0.0893. The Hall–Kier alpha value is -3.72. The van der Waals surface area contributed by atoms with E-state index >= 15 is 0 Å². The molecule has 0 fully saturated rings. The number of pyridine rings is 2. The van der Waals surface area contributed by atoms with Crippen molar-refractivity contribution in [1.82, 2.24) is 14.0 Å². The third-order valence-corrected chi connectivity index (χ3v) is 4.72. The molecule has 132 valence electrons. The van der Waals surface area contributed by atoms with Crippen LogP contribution in [0.5, 0.6) is 0 Å². The van der Waals surface area contributed by atoms with E-state index in [-0.39, 0.29) is 22.2 Å². The molecule has 27 heavy (non-hydrogen) atoms. The van der Waals surface area contributed by atoms with Crippen LogP contribution in [0.25, 0.3) is 22.4 Å². The van der Waals surface area contributed by atoms with Gasteiger partial charge in [-0.3, -0.25) is 18.6 Å². The van der Waals surface area contributed by atoms with Crippen LogP contribution in [0.1, 0.15) is 23.6 Å². The Morgan fingerprint density at radius 2 is 1.81 bits per heavy atom. The molecule has 6 heteroatoms. The molecule has 0 radical (unpaired) electrons. The third-order valence-electron chi connectivity index (χ3n) is 4.72. The van der Waals surface area contributed by atoms with Gasteiger partial charge >= 0.3 is 0 Å². The van der Waals surface area contributed by atoms with Gasteiger partial charge in [0.2, 0.25) is 0 Å². The van der Waals surface area contributed by atoms with Gasteiger partial charge in [-0.1, -0.05) is 25.1 Å². The molecule has 0 amide bonds. The van der Waals surface area contributed by atoms with Gasteiger partial charge in [0.15, 0.2) is 5.65 Å². The lowest BCUT2D eigenvalue weighted by Gasteiger charge is -2.12. The number of benzene rings is 1. The van der Waals surface area contributed by atoms with Crippen LogP contribution in [-0.4, -0.2) is 14.0 Å². The summed E-state index contributed by atoms with van der Waals surface area (Å²) in [6, 6.07) is 14.3. The summed E-state index contributed by atoms with van der Waals surface area (Å²) in [7, 11) is 0. The normalized spacial score (nSPS) is 11.0. The summed E-state index contributed by atoms with van der Waals surface area (Å²) >= 11 is 0. The van der Waals surface area contributed by atoms with E-state index in [1.807, 2.05) is 50.2 Å². The molecule has 1 aromatic carbocycles. The first-order valence-electron chi connectivity index (χ1n) is 8.62. The van der Waals surface area contributed by atoms with Crippen LogP contribution in [0.3, 0.4) is 0 Å². The zero-order valence-corrected chi connectivity index (χ0v) is 14.9. The summed E-state index contributed by atoms with van der Waals surface area (Å²) < 4.78 is 2.79. The lowest BCUT2D eigenvalue weighted by Crippen LogP contribution is -2.26. The van der Waals surface area contributed by atoms with Gasteiger partial charge in [-0.25, -0.2) is 4.98 Å². The van der Waals surface area contributed by atoms with Gasteiger partial charge in [0.1, 0.15) is 17.3 Å². The van der Waals surface area contributed by atoms with E-state index in [9.17, 15) is 14.9 Å². The average Bonchev–Trinajstić information content (AvgIpc) is 2.69. The molecule has 0 atom stereocenters. The molecule has 0 aliphatic carbocycles. The van der Waals surface area contributed by atoms with E-state index < -0.39 is 5.56 Å². The Labute approximate surface area is 154 Å². The number of nitrogens with zero attached hydrogens (tertiary/aromatic N) is 4. The standard InChI is InChI=1S/C21H16N4O2/c1-3-14-6-8-16(9-7-14)25-19-17(11-15(12-22)20(25)26)21(27)24-10-4-5-13(2)18(24)23-19/h4-11H,3H2,1-2H3. The van der Waals surface area contributed by atoms with Crippen LogP contribution in [0.2, 0.25) is 0 Å². The fourth-order valence-corrected chi connectivity index (χ4v) is 3.22. The molecule has 6 nitrogen and oxygen atoms in total. The number of rotatable bonds is 2. The molecule has 0 saturated heterocycles. The maximum atomic E-state index is 13.0. The summed E-state index contributed by atoms with van der Waals surface area (Å²) in [6.07, 6.45) is 2.51. The van der Waals surface area contributed by atoms with Crippen molar-refractivity contribution in [1.29, 1.82) is 5.26 Å². The highest BCUT2D eigenvalue weighted by molar-refractivity contribution is 5.80. The molecule has 0 aliphatic rings. The van der Waals surface area contributed by atoms with E-state index in [1.54, 1.807) is 12.3 Å². The lowest BCUT2D eigenvalue weighted by molar-refractivity contribution is 0.977. The van der Waals surface area contributed by atoms with Crippen molar-refractivity contribution >= 4 is 16.7 Å². The highest BCUT2D eigenvalue weighted by Crippen LogP contribution is 2.17. The van der Waals surface area contributed by atoms with E-state index in [2.05, 4.69) is 4.98 Å². The molecule has 0 spiro atoms. The van der Waals surface area contributed by atoms with Crippen molar-refractivity contribution in [3.8, 4) is 11.8 Å². The fraction of sp³-hybridized carbons (Fsp3) is 0.143. The predicted octanol–water partition coefficient (Wildman–Crippen LogP) is 2.74. The number of fused-ring (bicyclic) bond motifs is 2. The second-order valence-electron chi connectivity index (χ2n) is 6.37. The summed E-state index contributed by atoms with van der Waals surface area (Å²) in [5.74, 6) is 0. The van der Waals surface area contributed by atoms with Gasteiger partial charge in [0.25, 0.3) is 11.1 Å². The first-order chi connectivity index (χ1) is 13.0. The smallest absolute Gasteiger partial charge is 0.268 e. The minimum atomic E-state index is -0.487.